The number of nitrogen functional groups attached to an aromatic ring is 2. The standard InChI is InChI=1S/C20H22B2N10O11P2S/c21-44(37)38-1-5-12(10(34)18(40-5)32-4-26-8-14(32)28-20(24)30-16(8)36)43-45(22,46)39-2-6-11(42-44)9(33)17(41-6)31-3-25-7-13(31)27-19(23)29-15(7)35/h3-6,9-12,17-18,33-34H,1-2H2,(H3,23,27,29,35)(H3,24,28,30,36)/t5-,6+,9+,10-,11+,12-,17+,18-,44?,45?/m0/s1. The van der Waals surface area contributed by atoms with Crippen LogP contribution in [0.25, 0.3) is 22.3 Å². The van der Waals surface area contributed by atoms with Crippen molar-refractivity contribution in [2.24, 2.45) is 0 Å². The SMILES string of the molecule is [B]P1(=O)OC[C@@H]2O[C@H](n3cnc4c(=O)[nH]c(N)nc43)[C@@H](O)[C@H]2OP([B])(=S)OC[C@H]2O[C@@H](n3cnc4c(=O)[nH]c(N)nc43)[C@H](O)[C@@H]2O1. The van der Waals surface area contributed by atoms with Crippen molar-refractivity contribution in [1.82, 2.24) is 39.0 Å². The number of nitrogens with one attached hydrogen (secondary N) is 2. The highest BCUT2D eigenvalue weighted by molar-refractivity contribution is 8.21. The van der Waals surface area contributed by atoms with Gasteiger partial charge in [-0.15, -0.1) is 0 Å². The van der Waals surface area contributed by atoms with Crippen molar-refractivity contribution in [2.45, 2.75) is 49.1 Å². The summed E-state index contributed by atoms with van der Waals surface area (Å²) < 4.78 is 50.4. The Morgan fingerprint density at radius 3 is 1.80 bits per heavy atom. The number of imidazole rings is 2. The number of aromatic amines is 2. The van der Waals surface area contributed by atoms with Gasteiger partial charge in [-0.05, 0) is 11.8 Å². The molecule has 3 aliphatic rings. The second-order valence-electron chi connectivity index (χ2n) is 10.5. The molecule has 0 aliphatic carbocycles. The fraction of sp³-hybridized carbons (Fsp3) is 0.500. The Labute approximate surface area is 263 Å². The first kappa shape index (κ1) is 31.6. The first-order valence-corrected chi connectivity index (χ1v) is 17.6. The van der Waals surface area contributed by atoms with Crippen molar-refractivity contribution in [3.05, 3.63) is 33.4 Å². The molecule has 4 aromatic heterocycles. The van der Waals surface area contributed by atoms with Crippen LogP contribution >= 0.6 is 13.8 Å². The minimum atomic E-state index is -4.52. The number of nitrogens with zero attached hydrogens (tertiary/aromatic N) is 6. The summed E-state index contributed by atoms with van der Waals surface area (Å²) in [7, 11) is 7.64. The summed E-state index contributed by atoms with van der Waals surface area (Å²) >= 11 is 5.41. The van der Waals surface area contributed by atoms with Crippen molar-refractivity contribution < 1.29 is 42.3 Å². The zero-order chi connectivity index (χ0) is 32.7. The number of aromatic nitrogens is 8. The first-order chi connectivity index (χ1) is 21.7. The Balaban J connectivity index is 1.18. The summed E-state index contributed by atoms with van der Waals surface area (Å²) in [4.78, 5) is 45.3. The van der Waals surface area contributed by atoms with E-state index in [1.54, 1.807) is 0 Å². The van der Waals surface area contributed by atoms with Crippen molar-refractivity contribution >= 4 is 75.0 Å². The number of hydrogen-bond donors (Lipinski definition) is 6. The van der Waals surface area contributed by atoms with Crippen LogP contribution in [0.4, 0.5) is 11.9 Å². The lowest BCUT2D eigenvalue weighted by Crippen LogP contribution is -2.39. The summed E-state index contributed by atoms with van der Waals surface area (Å²) in [6.07, 6.45) is -12.4. The predicted molar refractivity (Wildman–Crippen MR) is 160 cm³/mol. The highest BCUT2D eigenvalue weighted by atomic mass is 32.4. The van der Waals surface area contributed by atoms with Gasteiger partial charge in [-0.1, -0.05) is 0 Å². The maximum absolute atomic E-state index is 13.4. The van der Waals surface area contributed by atoms with E-state index in [0.29, 0.717) is 0 Å². The highest BCUT2D eigenvalue weighted by Crippen LogP contribution is 2.53. The molecular weight excluding hydrogens is 672 g/mol. The molecule has 4 aromatic rings. The van der Waals surface area contributed by atoms with Crippen molar-refractivity contribution in [2.75, 3.05) is 24.7 Å². The zero-order valence-corrected chi connectivity index (χ0v) is 25.7. The van der Waals surface area contributed by atoms with Gasteiger partial charge in [0, 0.05) is 0 Å². The van der Waals surface area contributed by atoms with E-state index in [-0.39, 0.29) is 34.2 Å². The van der Waals surface area contributed by atoms with Gasteiger partial charge in [0.15, 0.2) is 42.3 Å². The smallest absolute Gasteiger partial charge is 0.280 e. The van der Waals surface area contributed by atoms with Crippen LogP contribution in [0.2, 0.25) is 0 Å². The van der Waals surface area contributed by atoms with E-state index in [4.69, 9.17) is 66.0 Å². The molecule has 26 heteroatoms. The Morgan fingerprint density at radius 1 is 0.848 bits per heavy atom. The molecule has 0 aromatic carbocycles. The number of aliphatic hydroxyl groups is 2. The Bertz CT molecular complexity index is 1920. The largest absolute Gasteiger partial charge is 0.386 e. The van der Waals surface area contributed by atoms with Gasteiger partial charge in [-0.25, -0.2) is 9.97 Å². The van der Waals surface area contributed by atoms with Crippen LogP contribution in [-0.2, 0) is 43.9 Å². The third-order valence-electron chi connectivity index (χ3n) is 7.44. The molecule has 2 unspecified atom stereocenters. The molecule has 0 saturated carbocycles. The highest BCUT2D eigenvalue weighted by Gasteiger charge is 2.52. The van der Waals surface area contributed by atoms with E-state index in [1.807, 2.05) is 0 Å². The fourth-order valence-corrected chi connectivity index (χ4v) is 7.95. The van der Waals surface area contributed by atoms with Gasteiger partial charge in [0.05, 0.1) is 25.9 Å². The van der Waals surface area contributed by atoms with Gasteiger partial charge in [-0.3, -0.25) is 33.3 Å². The number of anilines is 2. The molecule has 7 rings (SSSR count). The van der Waals surface area contributed by atoms with Crippen LogP contribution in [0.15, 0.2) is 22.2 Å². The Kier molecular flexibility index (Phi) is 7.76. The first-order valence-electron chi connectivity index (χ1n) is 13.3. The molecule has 7 heterocycles. The maximum atomic E-state index is 13.4. The second kappa shape index (κ2) is 11.3. The molecule has 10 atom stereocenters. The van der Waals surface area contributed by atoms with Gasteiger partial charge >= 0.3 is 0 Å². The Morgan fingerprint density at radius 2 is 1.30 bits per heavy atom. The van der Waals surface area contributed by atoms with Crippen LogP contribution in [0, 0.1) is 0 Å². The van der Waals surface area contributed by atoms with Crippen molar-refractivity contribution in [3.8, 4) is 0 Å². The number of H-pyrrole nitrogens is 2. The summed E-state index contributed by atoms with van der Waals surface area (Å²) in [5, 5.41) is 22.6. The van der Waals surface area contributed by atoms with Gasteiger partial charge in [0.2, 0.25) is 19.5 Å². The number of rotatable bonds is 2. The maximum Gasteiger partial charge on any atom is 0.280 e. The van der Waals surface area contributed by atoms with Gasteiger partial charge in [0.25, 0.3) is 18.6 Å². The van der Waals surface area contributed by atoms with Crippen molar-refractivity contribution in [3.63, 3.8) is 0 Å². The average molecular weight is 694 g/mol. The van der Waals surface area contributed by atoms with Crippen LogP contribution in [0.5, 0.6) is 0 Å². The van der Waals surface area contributed by atoms with Crippen LogP contribution < -0.4 is 22.6 Å². The normalized spacial score (nSPS) is 37.1. The van der Waals surface area contributed by atoms with Gasteiger partial charge in [-0.2, -0.15) is 9.97 Å². The summed E-state index contributed by atoms with van der Waals surface area (Å²) in [6.45, 7) is -1.08. The number of ether oxygens (including phenoxy) is 2. The summed E-state index contributed by atoms with van der Waals surface area (Å²) in [6, 6.07) is 0. The van der Waals surface area contributed by atoms with E-state index >= 15 is 0 Å². The second-order valence-corrected chi connectivity index (χ2v) is 15.1. The van der Waals surface area contributed by atoms with Gasteiger partial charge < -0.3 is 49.2 Å². The lowest BCUT2D eigenvalue weighted by atomic mass is 10.1. The van der Waals surface area contributed by atoms with Gasteiger partial charge in [0.1, 0.15) is 43.0 Å². The summed E-state index contributed by atoms with van der Waals surface area (Å²) in [5.74, 6) is -0.427. The number of aliphatic hydroxyl groups excluding tert-OH is 2. The fourth-order valence-electron chi connectivity index (χ4n) is 5.44. The van der Waals surface area contributed by atoms with E-state index in [2.05, 4.69) is 29.9 Å². The van der Waals surface area contributed by atoms with Crippen LogP contribution in [-0.4, -0.2) is 114 Å². The van der Waals surface area contributed by atoms with Crippen LogP contribution in [0.1, 0.15) is 12.5 Å². The quantitative estimate of drug-likeness (QED) is 0.0928. The molecular formula is C20H22B2N10O11P2S. The monoisotopic (exact) mass is 694 g/mol. The molecule has 3 saturated heterocycles. The molecule has 3 fully saturated rings. The topological polar surface area (TPSA) is 292 Å². The number of fused-ring (bicyclic) bond motifs is 4. The number of hydrogen-bond acceptors (Lipinski definition) is 18. The molecule has 0 bridgehead atoms. The van der Waals surface area contributed by atoms with Crippen molar-refractivity contribution in [1.29, 1.82) is 0 Å². The van der Waals surface area contributed by atoms with E-state index in [9.17, 15) is 24.4 Å². The average Bonchev–Trinajstić information content (AvgIpc) is 3.72. The molecule has 0 spiro atoms. The predicted octanol–water partition coefficient (Wildman–Crippen LogP) is -2.58. The summed E-state index contributed by atoms with van der Waals surface area (Å²) in [5.41, 5.74) is 9.89. The minimum absolute atomic E-state index is 0.0125. The lowest BCUT2D eigenvalue weighted by Gasteiger charge is -2.31. The van der Waals surface area contributed by atoms with E-state index in [0.717, 1.165) is 0 Å². The van der Waals surface area contributed by atoms with Crippen LogP contribution in [0.3, 0.4) is 0 Å². The lowest BCUT2D eigenvalue weighted by molar-refractivity contribution is -0.0547. The minimum Gasteiger partial charge on any atom is -0.386 e. The molecule has 21 nitrogen and oxygen atoms in total. The molecule has 0 amide bonds. The molecule has 4 radical (unpaired) electrons. The number of nitrogens with two attached hydrogens (primary N) is 2. The third-order valence-corrected chi connectivity index (χ3v) is 10.1. The molecule has 3 aliphatic heterocycles. The van der Waals surface area contributed by atoms with E-state index < -0.39 is 87.3 Å². The zero-order valence-electron chi connectivity index (χ0n) is 23.1. The molecule has 8 N–H and O–H groups in total. The molecule has 46 heavy (non-hydrogen) atoms. The Hall–Kier alpha value is -3.01. The third kappa shape index (κ3) is 5.52. The van der Waals surface area contributed by atoms with E-state index in [1.165, 1.54) is 21.8 Å². The molecule has 240 valence electrons.